The molecule has 8 heteroatoms. The lowest BCUT2D eigenvalue weighted by Gasteiger charge is -2.26. The smallest absolute Gasteiger partial charge is 0.264 e. The molecule has 0 aliphatic heterocycles. The Balaban J connectivity index is 1.63. The third-order valence-electron chi connectivity index (χ3n) is 5.58. The number of nitrogens with one attached hydrogen (secondary N) is 1. The molecule has 7 nitrogen and oxygen atoms in total. The maximum atomic E-state index is 13.6. The van der Waals surface area contributed by atoms with Gasteiger partial charge in [0.15, 0.2) is 0 Å². The fraction of sp³-hybridized carbons (Fsp3) is 0.148. The van der Waals surface area contributed by atoms with Gasteiger partial charge in [-0.05, 0) is 46.7 Å². The van der Waals surface area contributed by atoms with Crippen molar-refractivity contribution in [1.29, 1.82) is 0 Å². The van der Waals surface area contributed by atoms with Gasteiger partial charge >= 0.3 is 0 Å². The van der Waals surface area contributed by atoms with Crippen LogP contribution in [0.3, 0.4) is 0 Å². The van der Waals surface area contributed by atoms with Crippen LogP contribution in [0.4, 0.5) is 5.69 Å². The number of hydrogen-bond acceptors (Lipinski definition) is 5. The molecule has 4 aromatic carbocycles. The Morgan fingerprint density at radius 1 is 0.829 bits per heavy atom. The lowest BCUT2D eigenvalue weighted by atomic mass is 10.1. The van der Waals surface area contributed by atoms with Crippen LogP contribution in [-0.2, 0) is 21.4 Å². The van der Waals surface area contributed by atoms with E-state index in [1.54, 1.807) is 30.3 Å². The van der Waals surface area contributed by atoms with Gasteiger partial charge in [-0.1, -0.05) is 54.6 Å². The molecular weight excluding hydrogens is 464 g/mol. The van der Waals surface area contributed by atoms with Crippen LogP contribution < -0.4 is 19.1 Å². The number of hydrogen-bond donors (Lipinski definition) is 1. The molecule has 4 aromatic rings. The first-order valence-corrected chi connectivity index (χ1v) is 12.4. The number of benzene rings is 4. The molecule has 0 saturated carbocycles. The first kappa shape index (κ1) is 24.1. The summed E-state index contributed by atoms with van der Waals surface area (Å²) in [5, 5.41) is 5.00. The number of amides is 1. The number of nitrogens with zero attached hydrogens (tertiary/aromatic N) is 1. The fourth-order valence-corrected chi connectivity index (χ4v) is 5.19. The van der Waals surface area contributed by atoms with Crippen LogP contribution in [0.15, 0.2) is 95.9 Å². The quantitative estimate of drug-likeness (QED) is 0.377. The van der Waals surface area contributed by atoms with Gasteiger partial charge in [-0.15, -0.1) is 0 Å². The summed E-state index contributed by atoms with van der Waals surface area (Å²) in [6, 6.07) is 26.7. The SMILES string of the molecule is COc1ccc(OC)c(N(CC(=O)NCc2ccc3ccccc3c2)S(=O)(=O)c2ccccc2)c1. The predicted octanol–water partition coefficient (Wildman–Crippen LogP) is 4.37. The van der Waals surface area contributed by atoms with Crippen molar-refractivity contribution in [2.24, 2.45) is 0 Å². The maximum Gasteiger partial charge on any atom is 0.264 e. The standard InChI is InChI=1S/C27H26N2O5S/c1-33-23-14-15-26(34-2)25(17-23)29(35(31,32)24-10-4-3-5-11-24)19-27(30)28-18-20-12-13-21-8-6-7-9-22(21)16-20/h3-17H,18-19H2,1-2H3,(H,28,30). The van der Waals surface area contributed by atoms with E-state index in [0.717, 1.165) is 20.6 Å². The van der Waals surface area contributed by atoms with Crippen LogP contribution in [0.5, 0.6) is 11.5 Å². The highest BCUT2D eigenvalue weighted by Crippen LogP contribution is 2.35. The Labute approximate surface area is 205 Å². The van der Waals surface area contributed by atoms with Crippen molar-refractivity contribution in [2.75, 3.05) is 25.1 Å². The molecule has 0 heterocycles. The van der Waals surface area contributed by atoms with Gasteiger partial charge < -0.3 is 14.8 Å². The van der Waals surface area contributed by atoms with Gasteiger partial charge in [-0.2, -0.15) is 0 Å². The van der Waals surface area contributed by atoms with E-state index in [2.05, 4.69) is 5.32 Å². The topological polar surface area (TPSA) is 84.9 Å². The lowest BCUT2D eigenvalue weighted by Crippen LogP contribution is -2.40. The largest absolute Gasteiger partial charge is 0.497 e. The molecule has 0 atom stereocenters. The second-order valence-electron chi connectivity index (χ2n) is 7.82. The normalized spacial score (nSPS) is 11.1. The van der Waals surface area contributed by atoms with Crippen molar-refractivity contribution < 1.29 is 22.7 Å². The van der Waals surface area contributed by atoms with E-state index in [0.29, 0.717) is 11.5 Å². The molecule has 0 bridgehead atoms. The molecule has 35 heavy (non-hydrogen) atoms. The summed E-state index contributed by atoms with van der Waals surface area (Å²) in [7, 11) is -1.15. The van der Waals surface area contributed by atoms with E-state index < -0.39 is 22.5 Å². The van der Waals surface area contributed by atoms with Crippen LogP contribution in [0.2, 0.25) is 0 Å². The first-order valence-electron chi connectivity index (χ1n) is 11.0. The van der Waals surface area contributed by atoms with Gasteiger partial charge in [0.05, 0.1) is 24.8 Å². The van der Waals surface area contributed by atoms with Gasteiger partial charge in [-0.3, -0.25) is 9.10 Å². The Morgan fingerprint density at radius 3 is 2.26 bits per heavy atom. The Bertz CT molecular complexity index is 1440. The van der Waals surface area contributed by atoms with Gasteiger partial charge in [0.25, 0.3) is 10.0 Å². The average molecular weight is 491 g/mol. The minimum absolute atomic E-state index is 0.0622. The highest BCUT2D eigenvalue weighted by Gasteiger charge is 2.29. The third-order valence-corrected chi connectivity index (χ3v) is 7.35. The zero-order valence-corrected chi connectivity index (χ0v) is 20.3. The summed E-state index contributed by atoms with van der Waals surface area (Å²) in [5.41, 5.74) is 1.12. The Hall–Kier alpha value is -4.04. The lowest BCUT2D eigenvalue weighted by molar-refractivity contribution is -0.119. The highest BCUT2D eigenvalue weighted by molar-refractivity contribution is 7.92. The minimum Gasteiger partial charge on any atom is -0.497 e. The van der Waals surface area contributed by atoms with E-state index in [1.165, 1.54) is 32.4 Å². The summed E-state index contributed by atoms with van der Waals surface area (Å²) < 4.78 is 39.0. The van der Waals surface area contributed by atoms with Crippen LogP contribution in [0.1, 0.15) is 5.56 Å². The molecule has 0 fully saturated rings. The van der Waals surface area contributed by atoms with E-state index in [4.69, 9.17) is 9.47 Å². The molecule has 0 radical (unpaired) electrons. The number of carbonyl (C=O) groups excluding carboxylic acids is 1. The van der Waals surface area contributed by atoms with Crippen molar-refractivity contribution in [1.82, 2.24) is 5.32 Å². The molecule has 0 spiro atoms. The van der Waals surface area contributed by atoms with Crippen molar-refractivity contribution >= 4 is 32.4 Å². The highest BCUT2D eigenvalue weighted by atomic mass is 32.2. The third kappa shape index (κ3) is 5.38. The number of anilines is 1. The summed E-state index contributed by atoms with van der Waals surface area (Å²) in [5.74, 6) is 0.279. The second-order valence-corrected chi connectivity index (χ2v) is 9.68. The number of ether oxygens (including phenoxy) is 2. The molecule has 0 unspecified atom stereocenters. The zero-order chi connectivity index (χ0) is 24.8. The molecule has 4 rings (SSSR count). The van der Waals surface area contributed by atoms with Gasteiger partial charge in [0.2, 0.25) is 5.91 Å². The number of sulfonamides is 1. The van der Waals surface area contributed by atoms with Crippen LogP contribution >= 0.6 is 0 Å². The van der Waals surface area contributed by atoms with Gasteiger partial charge in [0.1, 0.15) is 18.0 Å². The predicted molar refractivity (Wildman–Crippen MR) is 136 cm³/mol. The van der Waals surface area contributed by atoms with Crippen molar-refractivity contribution in [3.8, 4) is 11.5 Å². The Morgan fingerprint density at radius 2 is 1.54 bits per heavy atom. The van der Waals surface area contributed by atoms with E-state index in [1.807, 2.05) is 42.5 Å². The second kappa shape index (κ2) is 10.5. The van der Waals surface area contributed by atoms with Crippen LogP contribution in [-0.4, -0.2) is 35.1 Å². The van der Waals surface area contributed by atoms with Crippen molar-refractivity contribution in [3.05, 3.63) is 96.6 Å². The summed E-state index contributed by atoms with van der Waals surface area (Å²) in [4.78, 5) is 13.1. The fourth-order valence-electron chi connectivity index (χ4n) is 3.75. The zero-order valence-electron chi connectivity index (χ0n) is 19.5. The first-order chi connectivity index (χ1) is 16.9. The van der Waals surface area contributed by atoms with Crippen molar-refractivity contribution in [3.63, 3.8) is 0 Å². The summed E-state index contributed by atoms with van der Waals surface area (Å²) in [6.07, 6.45) is 0. The molecule has 0 aromatic heterocycles. The molecule has 0 aliphatic carbocycles. The average Bonchev–Trinajstić information content (AvgIpc) is 2.90. The molecule has 0 aliphatic rings. The number of methoxy groups -OCH3 is 2. The van der Waals surface area contributed by atoms with Gasteiger partial charge in [-0.25, -0.2) is 8.42 Å². The summed E-state index contributed by atoms with van der Waals surface area (Å²) in [6.45, 7) is -0.174. The molecule has 1 amide bonds. The van der Waals surface area contributed by atoms with Crippen molar-refractivity contribution in [2.45, 2.75) is 11.4 Å². The van der Waals surface area contributed by atoms with Crippen LogP contribution in [0.25, 0.3) is 10.8 Å². The minimum atomic E-state index is -4.08. The van der Waals surface area contributed by atoms with E-state index in [9.17, 15) is 13.2 Å². The number of rotatable bonds is 9. The molecule has 180 valence electrons. The monoisotopic (exact) mass is 490 g/mol. The Kier molecular flexibility index (Phi) is 7.22. The number of carbonyl (C=O) groups is 1. The maximum absolute atomic E-state index is 13.6. The molecular formula is C27H26N2O5S. The molecule has 0 saturated heterocycles. The molecule has 1 N–H and O–H groups in total. The summed E-state index contributed by atoms with van der Waals surface area (Å²) >= 11 is 0. The number of fused-ring (bicyclic) bond motifs is 1. The van der Waals surface area contributed by atoms with E-state index >= 15 is 0 Å². The van der Waals surface area contributed by atoms with Gasteiger partial charge in [0, 0.05) is 12.6 Å². The van der Waals surface area contributed by atoms with Crippen LogP contribution in [0, 0.1) is 0 Å². The van der Waals surface area contributed by atoms with E-state index in [-0.39, 0.29) is 17.1 Å².